The van der Waals surface area contributed by atoms with E-state index in [0.717, 1.165) is 48.3 Å². The van der Waals surface area contributed by atoms with E-state index in [2.05, 4.69) is 18.7 Å². The molecule has 4 rings (SSSR count). The number of piperidine rings is 1. The van der Waals surface area contributed by atoms with E-state index in [1.807, 2.05) is 31.2 Å². The van der Waals surface area contributed by atoms with Gasteiger partial charge in [0.25, 0.3) is 0 Å². The maximum Gasteiger partial charge on any atom is 0.307 e. The van der Waals surface area contributed by atoms with Crippen LogP contribution in [0.15, 0.2) is 54.7 Å². The van der Waals surface area contributed by atoms with Crippen LogP contribution in [0.2, 0.25) is 0 Å². The number of nitrogens with one attached hydrogen (secondary N) is 1. The SMILES string of the molecule is CC(C)(C)O.Cc1nc(/C(C=N)=C/N)c(-c2ccc(OCCc3ccc(F)cc3)cc2)c(N2CCC(C)(C)CC2)c1CC(=O)O. The molecule has 1 saturated heterocycles. The molecule has 0 saturated carbocycles. The number of rotatable bonds is 10. The number of nitrogens with zero attached hydrogens (tertiary/aromatic N) is 2. The first kappa shape index (κ1) is 35.2. The number of pyridine rings is 1. The molecule has 1 aliphatic rings. The lowest BCUT2D eigenvalue weighted by Gasteiger charge is -2.40. The van der Waals surface area contributed by atoms with Gasteiger partial charge in [0, 0.05) is 54.3 Å². The summed E-state index contributed by atoms with van der Waals surface area (Å²) in [6, 6.07) is 14.0. The van der Waals surface area contributed by atoms with Crippen molar-refractivity contribution in [2.45, 2.75) is 72.8 Å². The van der Waals surface area contributed by atoms with Crippen LogP contribution in [-0.4, -0.2) is 52.7 Å². The molecule has 2 heterocycles. The first-order valence-corrected chi connectivity index (χ1v) is 15.2. The van der Waals surface area contributed by atoms with Crippen molar-refractivity contribution in [1.82, 2.24) is 4.98 Å². The Morgan fingerprint density at radius 3 is 2.20 bits per heavy atom. The van der Waals surface area contributed by atoms with Crippen molar-refractivity contribution < 1.29 is 24.1 Å². The number of hydrogen-bond donors (Lipinski definition) is 4. The number of hydrogen-bond acceptors (Lipinski definition) is 7. The number of carbonyl (C=O) groups is 1. The minimum absolute atomic E-state index is 0.155. The Kier molecular flexibility index (Phi) is 11.9. The highest BCUT2D eigenvalue weighted by molar-refractivity contribution is 6.11. The molecule has 8 nitrogen and oxygen atoms in total. The Morgan fingerprint density at radius 2 is 1.69 bits per heavy atom. The minimum Gasteiger partial charge on any atom is -0.493 e. The van der Waals surface area contributed by atoms with Crippen LogP contribution in [0.1, 0.15) is 70.0 Å². The second-order valence-electron chi connectivity index (χ2n) is 13.2. The smallest absolute Gasteiger partial charge is 0.307 e. The first-order valence-electron chi connectivity index (χ1n) is 15.2. The molecule has 1 aromatic heterocycles. The van der Waals surface area contributed by atoms with Gasteiger partial charge in [0.2, 0.25) is 0 Å². The number of carboxylic acid groups (broad SMARTS) is 1. The third-order valence-electron chi connectivity index (χ3n) is 7.56. The highest BCUT2D eigenvalue weighted by Gasteiger charge is 2.31. The lowest BCUT2D eigenvalue weighted by Crippen LogP contribution is -2.38. The lowest BCUT2D eigenvalue weighted by atomic mass is 9.81. The van der Waals surface area contributed by atoms with Crippen molar-refractivity contribution in [2.24, 2.45) is 11.1 Å². The molecule has 1 aliphatic heterocycles. The molecule has 0 atom stereocenters. The molecule has 3 aromatic rings. The fourth-order valence-electron chi connectivity index (χ4n) is 5.11. The van der Waals surface area contributed by atoms with E-state index in [0.29, 0.717) is 41.3 Å². The number of benzene rings is 2. The van der Waals surface area contributed by atoms with Crippen molar-refractivity contribution in [3.63, 3.8) is 0 Å². The molecular weight excluding hydrogens is 571 g/mol. The van der Waals surface area contributed by atoms with Crippen LogP contribution in [-0.2, 0) is 17.6 Å². The van der Waals surface area contributed by atoms with Crippen LogP contribution in [0.3, 0.4) is 0 Å². The monoisotopic (exact) mass is 618 g/mol. The number of anilines is 1. The first-order chi connectivity index (χ1) is 21.1. The Morgan fingerprint density at radius 1 is 1.11 bits per heavy atom. The summed E-state index contributed by atoms with van der Waals surface area (Å²) < 4.78 is 19.1. The largest absolute Gasteiger partial charge is 0.493 e. The standard InChI is InChI=1S/C32H37FN4O3.C4H10O/c1-21-27(18-28(38)39)31(37-15-13-32(2,3)14-16-37)29(30(36-21)24(19-34)20-35)23-6-10-26(11-7-23)40-17-12-22-4-8-25(33)9-5-22;1-4(2,3)5/h4-11,19-20,34H,12-18,35H2,1-3H3,(H,38,39);5H,1-3H3/b24-20+,34-19?;. The van der Waals surface area contributed by atoms with Gasteiger partial charge in [-0.05, 0) is 81.3 Å². The van der Waals surface area contributed by atoms with E-state index in [1.165, 1.54) is 24.5 Å². The summed E-state index contributed by atoms with van der Waals surface area (Å²) in [7, 11) is 0. The van der Waals surface area contributed by atoms with Crippen LogP contribution in [0.5, 0.6) is 5.75 Å². The highest BCUT2D eigenvalue weighted by atomic mass is 19.1. The number of aryl methyl sites for hydroxylation is 1. The molecule has 1 fully saturated rings. The Balaban J connectivity index is 0.00000102. The zero-order valence-electron chi connectivity index (χ0n) is 27.3. The number of aliphatic carboxylic acids is 1. The minimum atomic E-state index is -0.922. The molecule has 5 N–H and O–H groups in total. The van der Waals surface area contributed by atoms with Crippen LogP contribution < -0.4 is 15.4 Å². The lowest BCUT2D eigenvalue weighted by molar-refractivity contribution is -0.136. The van der Waals surface area contributed by atoms with Gasteiger partial charge in [-0.3, -0.25) is 9.78 Å². The number of allylic oxidation sites excluding steroid dienone is 1. The predicted octanol–water partition coefficient (Wildman–Crippen LogP) is 6.80. The summed E-state index contributed by atoms with van der Waals surface area (Å²) in [6.07, 6.45) is 4.98. The molecule has 0 spiro atoms. The number of halogens is 1. The second kappa shape index (κ2) is 15.2. The van der Waals surface area contributed by atoms with Gasteiger partial charge in [-0.25, -0.2) is 4.39 Å². The number of aromatic nitrogens is 1. The average molecular weight is 619 g/mol. The van der Waals surface area contributed by atoms with Crippen LogP contribution in [0, 0.1) is 23.6 Å². The van der Waals surface area contributed by atoms with Gasteiger partial charge in [0.15, 0.2) is 0 Å². The van der Waals surface area contributed by atoms with Crippen molar-refractivity contribution in [3.05, 3.63) is 83.1 Å². The van der Waals surface area contributed by atoms with Crippen LogP contribution in [0.25, 0.3) is 16.7 Å². The number of nitrogens with two attached hydrogens (primary N) is 1. The third kappa shape index (κ3) is 10.4. The van der Waals surface area contributed by atoms with E-state index in [1.54, 1.807) is 32.9 Å². The highest BCUT2D eigenvalue weighted by Crippen LogP contribution is 2.43. The van der Waals surface area contributed by atoms with Crippen LogP contribution >= 0.6 is 0 Å². The number of ether oxygens (including phenoxy) is 1. The predicted molar refractivity (Wildman–Crippen MR) is 179 cm³/mol. The molecule has 0 amide bonds. The zero-order chi connectivity index (χ0) is 33.4. The third-order valence-corrected chi connectivity index (χ3v) is 7.56. The second-order valence-corrected chi connectivity index (χ2v) is 13.2. The summed E-state index contributed by atoms with van der Waals surface area (Å²) in [5.74, 6) is -0.505. The number of carboxylic acids is 1. The molecule has 2 aromatic carbocycles. The summed E-state index contributed by atoms with van der Waals surface area (Å²) >= 11 is 0. The molecule has 9 heteroatoms. The molecule has 0 bridgehead atoms. The average Bonchev–Trinajstić information content (AvgIpc) is 2.95. The summed E-state index contributed by atoms with van der Waals surface area (Å²) in [5.41, 5.74) is 11.4. The van der Waals surface area contributed by atoms with Gasteiger partial charge in [-0.1, -0.05) is 38.1 Å². The van der Waals surface area contributed by atoms with E-state index in [9.17, 15) is 14.3 Å². The quantitative estimate of drug-likeness (QED) is 0.184. The van der Waals surface area contributed by atoms with Crippen molar-refractivity contribution >= 4 is 23.4 Å². The summed E-state index contributed by atoms with van der Waals surface area (Å²) in [4.78, 5) is 19.0. The van der Waals surface area contributed by atoms with Crippen LogP contribution in [0.4, 0.5) is 10.1 Å². The Hall–Kier alpha value is -4.24. The normalized spacial score (nSPS) is 14.8. The fraction of sp³-hybridized carbons (Fsp3) is 0.417. The fourth-order valence-corrected chi connectivity index (χ4v) is 5.11. The Labute approximate surface area is 266 Å². The van der Waals surface area contributed by atoms with Gasteiger partial charge in [0.05, 0.1) is 30.0 Å². The van der Waals surface area contributed by atoms with E-state index >= 15 is 0 Å². The molecule has 45 heavy (non-hydrogen) atoms. The Bertz CT molecular complexity index is 1480. The molecular formula is C36H47FN4O4. The number of aliphatic hydroxyl groups is 1. The topological polar surface area (TPSA) is 133 Å². The molecule has 0 radical (unpaired) electrons. The van der Waals surface area contributed by atoms with Gasteiger partial charge in [0.1, 0.15) is 11.6 Å². The van der Waals surface area contributed by atoms with Crippen molar-refractivity contribution in [2.75, 3.05) is 24.6 Å². The van der Waals surface area contributed by atoms with E-state index < -0.39 is 11.6 Å². The summed E-state index contributed by atoms with van der Waals surface area (Å²) in [6.45, 7) is 13.6. The molecule has 0 unspecified atom stereocenters. The van der Waals surface area contributed by atoms with Crippen molar-refractivity contribution in [3.8, 4) is 16.9 Å². The maximum absolute atomic E-state index is 13.2. The van der Waals surface area contributed by atoms with E-state index in [4.69, 9.17) is 26.0 Å². The summed E-state index contributed by atoms with van der Waals surface area (Å²) in [5, 5.41) is 26.3. The van der Waals surface area contributed by atoms with Gasteiger partial charge in [-0.15, -0.1) is 0 Å². The van der Waals surface area contributed by atoms with Gasteiger partial charge >= 0.3 is 5.97 Å². The molecule has 242 valence electrons. The van der Waals surface area contributed by atoms with E-state index in [-0.39, 0.29) is 17.7 Å². The maximum atomic E-state index is 13.2. The zero-order valence-corrected chi connectivity index (χ0v) is 27.3. The van der Waals surface area contributed by atoms with Crippen molar-refractivity contribution in [1.29, 1.82) is 5.41 Å². The van der Waals surface area contributed by atoms with Gasteiger partial charge in [-0.2, -0.15) is 0 Å². The van der Waals surface area contributed by atoms with Gasteiger partial charge < -0.3 is 31.0 Å². The molecule has 0 aliphatic carbocycles.